The summed E-state index contributed by atoms with van der Waals surface area (Å²) in [6.07, 6.45) is 0. The molecule has 30 heavy (non-hydrogen) atoms. The number of nitrogens with one attached hydrogen (secondary N) is 2. The zero-order valence-corrected chi connectivity index (χ0v) is 18.5. The predicted octanol–water partition coefficient (Wildman–Crippen LogP) is 3.45. The van der Waals surface area contributed by atoms with Crippen LogP contribution in [0.15, 0.2) is 46.7 Å². The molecule has 0 aliphatic rings. The minimum atomic E-state index is -3.96. The van der Waals surface area contributed by atoms with Gasteiger partial charge in [0.2, 0.25) is 11.8 Å². The number of sulfone groups is 1. The van der Waals surface area contributed by atoms with E-state index in [9.17, 15) is 22.4 Å². The van der Waals surface area contributed by atoms with Gasteiger partial charge in [0, 0.05) is 17.2 Å². The van der Waals surface area contributed by atoms with E-state index < -0.39 is 26.8 Å². The summed E-state index contributed by atoms with van der Waals surface area (Å²) in [7, 11) is -3.96. The standard InChI is InChI=1S/C19H18FN3O4S3/c1-11(30(26,27)15-6-3-13(20)4-7-15)18(25)23-19-22-16(10-28-19)17-8-5-14(29-17)9-21-12(2)24/h3-8,10-11H,9H2,1-2H3,(H,21,24)(H,22,23,25). The Bertz CT molecular complexity index is 1170. The third-order valence-electron chi connectivity index (χ3n) is 4.14. The fourth-order valence-electron chi connectivity index (χ4n) is 2.44. The van der Waals surface area contributed by atoms with Gasteiger partial charge in [-0.3, -0.25) is 9.59 Å². The predicted molar refractivity (Wildman–Crippen MR) is 115 cm³/mol. The maximum absolute atomic E-state index is 13.0. The van der Waals surface area contributed by atoms with Crippen molar-refractivity contribution in [3.8, 4) is 10.6 Å². The Kier molecular flexibility index (Phi) is 6.64. The molecule has 2 heterocycles. The first-order chi connectivity index (χ1) is 14.2. The zero-order chi connectivity index (χ0) is 21.9. The molecule has 1 aromatic carbocycles. The smallest absolute Gasteiger partial charge is 0.244 e. The number of nitrogens with zero attached hydrogens (tertiary/aromatic N) is 1. The highest BCUT2D eigenvalue weighted by molar-refractivity contribution is 7.92. The van der Waals surface area contributed by atoms with E-state index in [2.05, 4.69) is 15.6 Å². The highest BCUT2D eigenvalue weighted by atomic mass is 32.2. The molecule has 3 rings (SSSR count). The third-order valence-corrected chi connectivity index (χ3v) is 8.08. The number of thiazole rings is 1. The SMILES string of the molecule is CC(=O)NCc1ccc(-c2csc(NC(=O)C(C)S(=O)(=O)c3ccc(F)cc3)n2)s1. The molecule has 0 radical (unpaired) electrons. The van der Waals surface area contributed by atoms with E-state index in [0.29, 0.717) is 12.2 Å². The average Bonchev–Trinajstić information content (AvgIpc) is 3.35. The number of hydrogen-bond donors (Lipinski definition) is 2. The minimum Gasteiger partial charge on any atom is -0.351 e. The second kappa shape index (κ2) is 9.02. The fourth-order valence-corrected chi connectivity index (χ4v) is 5.40. The number of benzene rings is 1. The Balaban J connectivity index is 1.68. The van der Waals surface area contributed by atoms with Gasteiger partial charge in [0.1, 0.15) is 11.1 Å². The summed E-state index contributed by atoms with van der Waals surface area (Å²) in [5, 5.41) is 5.90. The first-order valence-electron chi connectivity index (χ1n) is 8.76. The molecule has 1 atom stereocenters. The van der Waals surface area contributed by atoms with Gasteiger partial charge in [-0.25, -0.2) is 17.8 Å². The summed E-state index contributed by atoms with van der Waals surface area (Å²) in [5.74, 6) is -1.40. The van der Waals surface area contributed by atoms with Gasteiger partial charge in [0.05, 0.1) is 22.0 Å². The van der Waals surface area contributed by atoms with E-state index in [1.807, 2.05) is 12.1 Å². The number of carbonyl (C=O) groups is 2. The van der Waals surface area contributed by atoms with E-state index in [0.717, 1.165) is 34.0 Å². The van der Waals surface area contributed by atoms with E-state index in [1.54, 1.807) is 5.38 Å². The van der Waals surface area contributed by atoms with Crippen molar-refractivity contribution in [1.82, 2.24) is 10.3 Å². The molecule has 2 aromatic heterocycles. The van der Waals surface area contributed by atoms with Crippen LogP contribution in [0.25, 0.3) is 10.6 Å². The lowest BCUT2D eigenvalue weighted by Gasteiger charge is -2.12. The normalized spacial score (nSPS) is 12.4. The molecule has 7 nitrogen and oxygen atoms in total. The summed E-state index contributed by atoms with van der Waals surface area (Å²) in [5.41, 5.74) is 0.642. The quantitative estimate of drug-likeness (QED) is 0.518. The Hall–Kier alpha value is -2.63. The molecule has 11 heteroatoms. The van der Waals surface area contributed by atoms with Crippen molar-refractivity contribution in [3.05, 3.63) is 52.5 Å². The third kappa shape index (κ3) is 5.10. The van der Waals surface area contributed by atoms with E-state index >= 15 is 0 Å². The summed E-state index contributed by atoms with van der Waals surface area (Å²) in [4.78, 5) is 29.5. The van der Waals surface area contributed by atoms with Crippen LogP contribution in [0.2, 0.25) is 0 Å². The van der Waals surface area contributed by atoms with Crippen molar-refractivity contribution in [1.29, 1.82) is 0 Å². The first-order valence-corrected chi connectivity index (χ1v) is 12.0. The molecule has 0 spiro atoms. The number of thiophene rings is 1. The number of anilines is 1. The maximum atomic E-state index is 13.0. The van der Waals surface area contributed by atoms with Crippen LogP contribution in [0.4, 0.5) is 9.52 Å². The summed E-state index contributed by atoms with van der Waals surface area (Å²) >= 11 is 2.63. The van der Waals surface area contributed by atoms with Gasteiger partial charge in [-0.05, 0) is 43.3 Å². The molecule has 158 valence electrons. The average molecular weight is 468 g/mol. The van der Waals surface area contributed by atoms with Gasteiger partial charge in [-0.15, -0.1) is 22.7 Å². The Morgan fingerprint density at radius 1 is 1.17 bits per heavy atom. The van der Waals surface area contributed by atoms with Gasteiger partial charge in [0.25, 0.3) is 0 Å². The van der Waals surface area contributed by atoms with Crippen LogP contribution in [0, 0.1) is 5.82 Å². The Morgan fingerprint density at radius 2 is 1.87 bits per heavy atom. The molecule has 1 unspecified atom stereocenters. The maximum Gasteiger partial charge on any atom is 0.244 e. The molecule has 0 bridgehead atoms. The minimum absolute atomic E-state index is 0.117. The molecule has 0 aliphatic heterocycles. The summed E-state index contributed by atoms with van der Waals surface area (Å²) in [6.45, 7) is 3.14. The summed E-state index contributed by atoms with van der Waals surface area (Å²) < 4.78 is 38.2. The lowest BCUT2D eigenvalue weighted by Crippen LogP contribution is -2.32. The van der Waals surface area contributed by atoms with Crippen molar-refractivity contribution in [2.75, 3.05) is 5.32 Å². The fraction of sp³-hybridized carbons (Fsp3) is 0.211. The molecule has 0 fully saturated rings. The molecular formula is C19H18FN3O4S3. The number of carbonyl (C=O) groups excluding carboxylic acids is 2. The second-order valence-electron chi connectivity index (χ2n) is 6.34. The van der Waals surface area contributed by atoms with Crippen molar-refractivity contribution in [2.24, 2.45) is 0 Å². The topological polar surface area (TPSA) is 105 Å². The first kappa shape index (κ1) is 22.1. The van der Waals surface area contributed by atoms with E-state index in [1.165, 1.54) is 36.5 Å². The molecule has 0 saturated carbocycles. The van der Waals surface area contributed by atoms with Crippen molar-refractivity contribution >= 4 is 49.5 Å². The highest BCUT2D eigenvalue weighted by Crippen LogP contribution is 2.31. The molecule has 0 aliphatic carbocycles. The lowest BCUT2D eigenvalue weighted by atomic mass is 10.3. The second-order valence-corrected chi connectivity index (χ2v) is 10.6. The Morgan fingerprint density at radius 3 is 2.53 bits per heavy atom. The van der Waals surface area contributed by atoms with Crippen LogP contribution in [0.5, 0.6) is 0 Å². The Labute approximate surface area is 180 Å². The van der Waals surface area contributed by atoms with E-state index in [-0.39, 0.29) is 15.9 Å². The highest BCUT2D eigenvalue weighted by Gasteiger charge is 2.30. The van der Waals surface area contributed by atoms with Crippen LogP contribution < -0.4 is 10.6 Å². The number of rotatable bonds is 7. The molecule has 2 N–H and O–H groups in total. The van der Waals surface area contributed by atoms with Crippen LogP contribution in [-0.4, -0.2) is 30.5 Å². The van der Waals surface area contributed by atoms with Crippen molar-refractivity contribution in [2.45, 2.75) is 30.5 Å². The van der Waals surface area contributed by atoms with Gasteiger partial charge in [-0.2, -0.15) is 0 Å². The number of halogens is 1. The number of hydrogen-bond acceptors (Lipinski definition) is 7. The van der Waals surface area contributed by atoms with Crippen LogP contribution in [-0.2, 0) is 26.0 Å². The molecule has 2 amide bonds. The number of aromatic nitrogens is 1. The molecule has 0 saturated heterocycles. The van der Waals surface area contributed by atoms with Crippen LogP contribution in [0.3, 0.4) is 0 Å². The largest absolute Gasteiger partial charge is 0.351 e. The van der Waals surface area contributed by atoms with Crippen molar-refractivity contribution < 1.29 is 22.4 Å². The van der Waals surface area contributed by atoms with Gasteiger partial charge < -0.3 is 10.6 Å². The van der Waals surface area contributed by atoms with Crippen molar-refractivity contribution in [3.63, 3.8) is 0 Å². The van der Waals surface area contributed by atoms with Gasteiger partial charge in [-0.1, -0.05) is 0 Å². The summed E-state index contributed by atoms with van der Waals surface area (Å²) in [6, 6.07) is 8.07. The lowest BCUT2D eigenvalue weighted by molar-refractivity contribution is -0.119. The van der Waals surface area contributed by atoms with Gasteiger partial charge >= 0.3 is 0 Å². The zero-order valence-electron chi connectivity index (χ0n) is 16.0. The van der Waals surface area contributed by atoms with Gasteiger partial charge in [0.15, 0.2) is 15.0 Å². The number of amides is 2. The van der Waals surface area contributed by atoms with E-state index in [4.69, 9.17) is 0 Å². The van der Waals surface area contributed by atoms with Crippen LogP contribution >= 0.6 is 22.7 Å². The molecular weight excluding hydrogens is 449 g/mol. The molecule has 3 aromatic rings. The van der Waals surface area contributed by atoms with Crippen LogP contribution in [0.1, 0.15) is 18.7 Å². The monoisotopic (exact) mass is 467 g/mol.